The number of carbonyl (C=O) groups excluding carboxylic acids is 1. The van der Waals surface area contributed by atoms with E-state index in [9.17, 15) is 4.79 Å². The lowest BCUT2D eigenvalue weighted by atomic mass is 10.0. The van der Waals surface area contributed by atoms with Gasteiger partial charge < -0.3 is 4.74 Å². The molecule has 1 aromatic carbocycles. The Morgan fingerprint density at radius 1 is 1.42 bits per heavy atom. The van der Waals surface area contributed by atoms with Gasteiger partial charge in [-0.3, -0.25) is 19.9 Å². The van der Waals surface area contributed by atoms with E-state index in [1.807, 2.05) is 24.3 Å². The summed E-state index contributed by atoms with van der Waals surface area (Å²) in [6.45, 7) is 0. The lowest BCUT2D eigenvalue weighted by Gasteiger charge is -2.10. The van der Waals surface area contributed by atoms with Crippen LogP contribution in [-0.2, 0) is 19.2 Å². The molecular weight excluding hydrogens is 248 g/mol. The topological polar surface area (TPSA) is 68.8 Å². The quantitative estimate of drug-likeness (QED) is 0.622. The highest BCUT2D eigenvalue weighted by molar-refractivity contribution is 5.69. The van der Waals surface area contributed by atoms with Gasteiger partial charge in [0.1, 0.15) is 0 Å². The molecule has 1 aromatic rings. The van der Waals surface area contributed by atoms with E-state index in [2.05, 4.69) is 15.7 Å². The molecule has 1 saturated heterocycles. The van der Waals surface area contributed by atoms with Crippen LogP contribution in [0.5, 0.6) is 0 Å². The molecule has 0 unspecified atom stereocenters. The highest BCUT2D eigenvalue weighted by Gasteiger charge is 2.28. The average molecular weight is 266 g/mol. The zero-order valence-corrected chi connectivity index (χ0v) is 11.0. The van der Waals surface area contributed by atoms with Crippen LogP contribution in [0.1, 0.15) is 24.4 Å². The summed E-state index contributed by atoms with van der Waals surface area (Å²) in [5.41, 5.74) is 7.69. The van der Waals surface area contributed by atoms with Crippen LogP contribution < -0.4 is 11.0 Å². The second-order valence-electron chi connectivity index (χ2n) is 4.35. The molecule has 0 bridgehead atoms. The second kappa shape index (κ2) is 6.51. The molecule has 0 aliphatic carbocycles. The smallest absolute Gasteiger partial charge is 0.308 e. The average Bonchev–Trinajstić information content (AvgIpc) is 2.88. The third-order valence-corrected chi connectivity index (χ3v) is 3.03. The fraction of sp³-hybridized carbons (Fsp3) is 0.462. The number of anilines is 1. The molecule has 2 N–H and O–H groups in total. The van der Waals surface area contributed by atoms with Crippen molar-refractivity contribution < 1.29 is 19.2 Å². The second-order valence-corrected chi connectivity index (χ2v) is 4.35. The molecule has 0 saturated carbocycles. The van der Waals surface area contributed by atoms with Gasteiger partial charge >= 0.3 is 5.97 Å². The number of hydroxylamine groups is 1. The molecule has 0 radical (unpaired) electrons. The number of methoxy groups -OCH3 is 1. The van der Waals surface area contributed by atoms with Crippen LogP contribution >= 0.6 is 0 Å². The Balaban J connectivity index is 1.91. The summed E-state index contributed by atoms with van der Waals surface area (Å²) >= 11 is 0. The third kappa shape index (κ3) is 3.66. The van der Waals surface area contributed by atoms with Gasteiger partial charge in [0.05, 0.1) is 38.5 Å². The number of benzene rings is 1. The van der Waals surface area contributed by atoms with Crippen molar-refractivity contribution in [2.75, 3.05) is 19.7 Å². The van der Waals surface area contributed by atoms with Crippen molar-refractivity contribution in [1.82, 2.24) is 5.48 Å². The molecule has 1 heterocycles. The molecule has 0 amide bonds. The van der Waals surface area contributed by atoms with Gasteiger partial charge in [0.25, 0.3) is 0 Å². The first-order valence-corrected chi connectivity index (χ1v) is 6.10. The monoisotopic (exact) mass is 266 g/mol. The highest BCUT2D eigenvalue weighted by atomic mass is 16.7. The maximum absolute atomic E-state index is 11.2. The molecular formula is C13H18N2O4. The first-order chi connectivity index (χ1) is 9.22. The third-order valence-electron chi connectivity index (χ3n) is 3.03. The number of hydrogen-bond acceptors (Lipinski definition) is 6. The number of nitrogens with one attached hydrogen (secondary N) is 2. The maximum Gasteiger partial charge on any atom is 0.308 e. The minimum Gasteiger partial charge on any atom is -0.469 e. The SMILES string of the molecule is CONc1ccc([C@@H]2C[C@H](CC(=O)OC)ON2)cc1. The van der Waals surface area contributed by atoms with E-state index in [1.54, 1.807) is 7.11 Å². The van der Waals surface area contributed by atoms with Crippen LogP contribution in [0, 0.1) is 0 Å². The van der Waals surface area contributed by atoms with Crippen LogP contribution in [0.15, 0.2) is 24.3 Å². The van der Waals surface area contributed by atoms with Crippen molar-refractivity contribution in [2.45, 2.75) is 25.0 Å². The molecule has 1 aliphatic heterocycles. The predicted octanol–water partition coefficient (Wildman–Crippen LogP) is 1.56. The maximum atomic E-state index is 11.2. The van der Waals surface area contributed by atoms with Crippen molar-refractivity contribution in [3.63, 3.8) is 0 Å². The van der Waals surface area contributed by atoms with Crippen LogP contribution in [-0.4, -0.2) is 26.3 Å². The Morgan fingerprint density at radius 2 is 2.16 bits per heavy atom. The van der Waals surface area contributed by atoms with E-state index in [0.29, 0.717) is 0 Å². The molecule has 0 aromatic heterocycles. The molecule has 2 rings (SSSR count). The number of esters is 1. The summed E-state index contributed by atoms with van der Waals surface area (Å²) < 4.78 is 4.63. The molecule has 104 valence electrons. The predicted molar refractivity (Wildman–Crippen MR) is 69.1 cm³/mol. The minimum atomic E-state index is -0.257. The van der Waals surface area contributed by atoms with Crippen molar-refractivity contribution >= 4 is 11.7 Å². The summed E-state index contributed by atoms with van der Waals surface area (Å²) in [4.78, 5) is 21.4. The van der Waals surface area contributed by atoms with E-state index in [-0.39, 0.29) is 24.5 Å². The molecule has 19 heavy (non-hydrogen) atoms. The van der Waals surface area contributed by atoms with E-state index < -0.39 is 0 Å². The van der Waals surface area contributed by atoms with Gasteiger partial charge in [-0.1, -0.05) is 12.1 Å². The molecule has 6 nitrogen and oxygen atoms in total. The number of ether oxygens (including phenoxy) is 1. The lowest BCUT2D eigenvalue weighted by molar-refractivity contribution is -0.143. The van der Waals surface area contributed by atoms with Crippen molar-refractivity contribution in [2.24, 2.45) is 0 Å². The van der Waals surface area contributed by atoms with Crippen LogP contribution in [0.2, 0.25) is 0 Å². The molecule has 6 heteroatoms. The van der Waals surface area contributed by atoms with E-state index >= 15 is 0 Å². The summed E-state index contributed by atoms with van der Waals surface area (Å²) in [6, 6.07) is 7.92. The normalized spacial score (nSPS) is 22.2. The summed E-state index contributed by atoms with van der Waals surface area (Å²) in [5.74, 6) is -0.257. The Labute approximate surface area is 111 Å². The zero-order valence-electron chi connectivity index (χ0n) is 11.0. The Bertz CT molecular complexity index is 421. The standard InChI is InChI=1S/C13H18N2O4/c1-17-13(16)8-11-7-12(15-19-11)9-3-5-10(6-4-9)14-18-2/h3-6,11-12,14-15H,7-8H2,1-2H3/t11-,12+/m1/s1. The van der Waals surface area contributed by atoms with E-state index in [0.717, 1.165) is 17.7 Å². The van der Waals surface area contributed by atoms with Gasteiger partial charge in [0.15, 0.2) is 0 Å². The fourth-order valence-electron chi connectivity index (χ4n) is 2.04. The van der Waals surface area contributed by atoms with Gasteiger partial charge in [0.2, 0.25) is 0 Å². The van der Waals surface area contributed by atoms with Gasteiger partial charge in [-0.25, -0.2) is 0 Å². The zero-order chi connectivity index (χ0) is 13.7. The van der Waals surface area contributed by atoms with Crippen LogP contribution in [0.4, 0.5) is 5.69 Å². The summed E-state index contributed by atoms with van der Waals surface area (Å²) in [6.07, 6.45) is 0.865. The minimum absolute atomic E-state index is 0.0891. The summed E-state index contributed by atoms with van der Waals surface area (Å²) in [7, 11) is 2.95. The lowest BCUT2D eigenvalue weighted by Crippen LogP contribution is -2.15. The molecule has 1 aliphatic rings. The molecule has 1 fully saturated rings. The molecule has 2 atom stereocenters. The summed E-state index contributed by atoms with van der Waals surface area (Å²) in [5, 5.41) is 0. The Kier molecular flexibility index (Phi) is 4.73. The number of hydrogen-bond donors (Lipinski definition) is 2. The van der Waals surface area contributed by atoms with Gasteiger partial charge in [-0.15, -0.1) is 0 Å². The van der Waals surface area contributed by atoms with E-state index in [1.165, 1.54) is 7.11 Å². The van der Waals surface area contributed by atoms with Crippen LogP contribution in [0.3, 0.4) is 0 Å². The number of carbonyl (C=O) groups is 1. The van der Waals surface area contributed by atoms with Gasteiger partial charge in [-0.2, -0.15) is 5.48 Å². The van der Waals surface area contributed by atoms with Gasteiger partial charge in [-0.05, 0) is 24.1 Å². The van der Waals surface area contributed by atoms with E-state index in [4.69, 9.17) is 9.68 Å². The number of rotatable bonds is 5. The van der Waals surface area contributed by atoms with Crippen molar-refractivity contribution in [3.8, 4) is 0 Å². The van der Waals surface area contributed by atoms with Crippen LogP contribution in [0.25, 0.3) is 0 Å². The molecule has 0 spiro atoms. The Morgan fingerprint density at radius 3 is 2.79 bits per heavy atom. The van der Waals surface area contributed by atoms with Gasteiger partial charge in [0, 0.05) is 0 Å². The van der Waals surface area contributed by atoms with Crippen molar-refractivity contribution in [3.05, 3.63) is 29.8 Å². The fourth-order valence-corrected chi connectivity index (χ4v) is 2.04. The first kappa shape index (κ1) is 13.8. The largest absolute Gasteiger partial charge is 0.469 e. The highest BCUT2D eigenvalue weighted by Crippen LogP contribution is 2.27. The van der Waals surface area contributed by atoms with Crippen molar-refractivity contribution in [1.29, 1.82) is 0 Å². The first-order valence-electron chi connectivity index (χ1n) is 6.10. The Hall–Kier alpha value is -1.63.